The first-order valence-corrected chi connectivity index (χ1v) is 6.41. The third-order valence-corrected chi connectivity index (χ3v) is 3.21. The highest BCUT2D eigenvalue weighted by Crippen LogP contribution is 2.25. The summed E-state index contributed by atoms with van der Waals surface area (Å²) in [7, 11) is 1.58. The molecular formula is C13H8BrClN2O2. The van der Waals surface area contributed by atoms with Crippen LogP contribution in [0, 0.1) is 11.3 Å². The van der Waals surface area contributed by atoms with E-state index in [1.54, 1.807) is 31.3 Å². The molecule has 0 aliphatic heterocycles. The molecule has 0 aliphatic rings. The molecule has 0 unspecified atom stereocenters. The van der Waals surface area contributed by atoms with Crippen molar-refractivity contribution in [3.8, 4) is 6.07 Å². The van der Waals surface area contributed by atoms with Crippen LogP contribution in [0.5, 0.6) is 0 Å². The Bertz CT molecular complexity index is 676. The second-order valence-electron chi connectivity index (χ2n) is 3.78. The maximum Gasteiger partial charge on any atom is 0.261 e. The SMILES string of the molecule is CN(C(=O)c1coc(Br)c1)c1cc(Cl)ccc1C#N. The lowest BCUT2D eigenvalue weighted by atomic mass is 10.1. The number of carbonyl (C=O) groups is 1. The number of rotatable bonds is 2. The molecule has 1 amide bonds. The van der Waals surface area contributed by atoms with Crippen LogP contribution in [0.1, 0.15) is 15.9 Å². The number of halogens is 2. The minimum Gasteiger partial charge on any atom is -0.457 e. The summed E-state index contributed by atoms with van der Waals surface area (Å²) in [5, 5.41) is 9.52. The van der Waals surface area contributed by atoms with Gasteiger partial charge in [0.15, 0.2) is 4.67 Å². The Kier molecular flexibility index (Phi) is 3.93. The predicted octanol–water partition coefficient (Wildman–Crippen LogP) is 3.84. The van der Waals surface area contributed by atoms with Gasteiger partial charge in [-0.1, -0.05) is 11.6 Å². The zero-order valence-corrected chi connectivity index (χ0v) is 12.2. The zero-order chi connectivity index (χ0) is 14.0. The molecule has 0 spiro atoms. The highest BCUT2D eigenvalue weighted by molar-refractivity contribution is 9.10. The van der Waals surface area contributed by atoms with Gasteiger partial charge in [0.05, 0.1) is 16.8 Å². The molecule has 2 aromatic rings. The molecule has 1 aromatic carbocycles. The largest absolute Gasteiger partial charge is 0.457 e. The Labute approximate surface area is 123 Å². The maximum atomic E-state index is 12.2. The molecule has 6 heteroatoms. The van der Waals surface area contributed by atoms with Crippen molar-refractivity contribution < 1.29 is 9.21 Å². The van der Waals surface area contributed by atoms with Crippen LogP contribution in [0.4, 0.5) is 5.69 Å². The Morgan fingerprint density at radius 2 is 2.21 bits per heavy atom. The van der Waals surface area contributed by atoms with E-state index < -0.39 is 0 Å². The van der Waals surface area contributed by atoms with E-state index in [2.05, 4.69) is 15.9 Å². The fourth-order valence-corrected chi connectivity index (χ4v) is 2.11. The normalized spacial score (nSPS) is 10.0. The molecule has 0 atom stereocenters. The molecule has 0 saturated heterocycles. The van der Waals surface area contributed by atoms with Gasteiger partial charge < -0.3 is 9.32 Å². The second kappa shape index (κ2) is 5.47. The van der Waals surface area contributed by atoms with Gasteiger partial charge in [0, 0.05) is 18.1 Å². The highest BCUT2D eigenvalue weighted by atomic mass is 79.9. The van der Waals surface area contributed by atoms with Crippen molar-refractivity contribution in [2.24, 2.45) is 0 Å². The molecule has 96 valence electrons. The second-order valence-corrected chi connectivity index (χ2v) is 4.99. The van der Waals surface area contributed by atoms with Gasteiger partial charge in [-0.2, -0.15) is 5.26 Å². The summed E-state index contributed by atoms with van der Waals surface area (Å²) in [5.74, 6) is -0.284. The Morgan fingerprint density at radius 3 is 2.79 bits per heavy atom. The van der Waals surface area contributed by atoms with Crippen molar-refractivity contribution in [2.45, 2.75) is 0 Å². The van der Waals surface area contributed by atoms with E-state index in [-0.39, 0.29) is 5.91 Å². The number of furan rings is 1. The molecule has 1 aromatic heterocycles. The molecule has 1 heterocycles. The number of nitriles is 1. The first kappa shape index (κ1) is 13.7. The molecule has 2 rings (SSSR count). The van der Waals surface area contributed by atoms with Gasteiger partial charge in [0.25, 0.3) is 5.91 Å². The Morgan fingerprint density at radius 1 is 1.47 bits per heavy atom. The van der Waals surface area contributed by atoms with E-state index in [4.69, 9.17) is 21.3 Å². The van der Waals surface area contributed by atoms with Crippen molar-refractivity contribution in [3.63, 3.8) is 0 Å². The standard InChI is InChI=1S/C13H8BrClN2O2/c1-17(13(18)9-4-12(14)19-7-9)11-5-10(15)3-2-8(11)6-16/h2-5,7H,1H3. The smallest absolute Gasteiger partial charge is 0.261 e. The fourth-order valence-electron chi connectivity index (χ4n) is 1.60. The number of hydrogen-bond donors (Lipinski definition) is 0. The average Bonchev–Trinajstić information content (AvgIpc) is 2.83. The minimum absolute atomic E-state index is 0.284. The Balaban J connectivity index is 2.39. The lowest BCUT2D eigenvalue weighted by molar-refractivity contribution is 0.0992. The van der Waals surface area contributed by atoms with Gasteiger partial charge in [0.1, 0.15) is 12.3 Å². The molecule has 0 fully saturated rings. The molecule has 0 radical (unpaired) electrons. The van der Waals surface area contributed by atoms with Crippen LogP contribution in [0.2, 0.25) is 5.02 Å². The van der Waals surface area contributed by atoms with Crippen molar-refractivity contribution in [2.75, 3.05) is 11.9 Å². The molecule has 0 aliphatic carbocycles. The van der Waals surface area contributed by atoms with E-state index in [9.17, 15) is 4.79 Å². The summed E-state index contributed by atoms with van der Waals surface area (Å²) in [6.07, 6.45) is 1.35. The fraction of sp³-hybridized carbons (Fsp3) is 0.0769. The van der Waals surface area contributed by atoms with Crippen molar-refractivity contribution >= 4 is 39.1 Å². The predicted molar refractivity (Wildman–Crippen MR) is 75.3 cm³/mol. The summed E-state index contributed by atoms with van der Waals surface area (Å²) in [6, 6.07) is 8.36. The lowest BCUT2D eigenvalue weighted by Crippen LogP contribution is -2.26. The topological polar surface area (TPSA) is 57.2 Å². The summed E-state index contributed by atoms with van der Waals surface area (Å²) in [4.78, 5) is 13.6. The van der Waals surface area contributed by atoms with Gasteiger partial charge >= 0.3 is 0 Å². The van der Waals surface area contributed by atoms with Crippen LogP contribution in [0.3, 0.4) is 0 Å². The van der Waals surface area contributed by atoms with E-state index in [0.717, 1.165) is 0 Å². The molecule has 19 heavy (non-hydrogen) atoms. The Hall–Kier alpha value is -1.77. The molecule has 0 saturated carbocycles. The summed E-state index contributed by atoms with van der Waals surface area (Å²) in [6.45, 7) is 0. The third-order valence-electron chi connectivity index (χ3n) is 2.56. The van der Waals surface area contributed by atoms with Gasteiger partial charge in [0.2, 0.25) is 0 Å². The third kappa shape index (κ3) is 2.80. The average molecular weight is 340 g/mol. The lowest BCUT2D eigenvalue weighted by Gasteiger charge is -2.17. The number of nitrogens with zero attached hydrogens (tertiary/aromatic N) is 2. The number of carbonyl (C=O) groups excluding carboxylic acids is 1. The first-order valence-electron chi connectivity index (χ1n) is 5.24. The van der Waals surface area contributed by atoms with Gasteiger partial charge in [-0.25, -0.2) is 0 Å². The first-order chi connectivity index (χ1) is 9.02. The summed E-state index contributed by atoms with van der Waals surface area (Å²) in [5.41, 5.74) is 1.22. The van der Waals surface area contributed by atoms with Crippen molar-refractivity contribution in [1.29, 1.82) is 5.26 Å². The molecule has 0 bridgehead atoms. The van der Waals surface area contributed by atoms with Crippen LogP contribution in [0.25, 0.3) is 0 Å². The maximum absolute atomic E-state index is 12.2. The summed E-state index contributed by atoms with van der Waals surface area (Å²) >= 11 is 9.03. The monoisotopic (exact) mass is 338 g/mol. The van der Waals surface area contributed by atoms with Crippen molar-refractivity contribution in [1.82, 2.24) is 0 Å². The van der Waals surface area contributed by atoms with Crippen molar-refractivity contribution in [3.05, 3.63) is 51.3 Å². The van der Waals surface area contributed by atoms with Gasteiger partial charge in [-0.15, -0.1) is 0 Å². The number of benzene rings is 1. The van der Waals surface area contributed by atoms with E-state index in [0.29, 0.717) is 26.5 Å². The number of hydrogen-bond acceptors (Lipinski definition) is 3. The van der Waals surface area contributed by atoms with Crippen LogP contribution in [-0.2, 0) is 0 Å². The van der Waals surface area contributed by atoms with Crippen LogP contribution in [-0.4, -0.2) is 13.0 Å². The quantitative estimate of drug-likeness (QED) is 0.835. The van der Waals surface area contributed by atoms with Crippen LogP contribution >= 0.6 is 27.5 Å². The number of amides is 1. The highest BCUT2D eigenvalue weighted by Gasteiger charge is 2.18. The van der Waals surface area contributed by atoms with Gasteiger partial charge in [-0.3, -0.25) is 4.79 Å². The van der Waals surface area contributed by atoms with E-state index in [1.165, 1.54) is 11.2 Å². The van der Waals surface area contributed by atoms with Crippen LogP contribution in [0.15, 0.2) is 39.6 Å². The number of anilines is 1. The molecule has 0 N–H and O–H groups in total. The molecule has 4 nitrogen and oxygen atoms in total. The van der Waals surface area contributed by atoms with E-state index >= 15 is 0 Å². The van der Waals surface area contributed by atoms with Crippen LogP contribution < -0.4 is 4.90 Å². The van der Waals surface area contributed by atoms with Gasteiger partial charge in [-0.05, 0) is 34.1 Å². The zero-order valence-electron chi connectivity index (χ0n) is 9.85. The molecular weight excluding hydrogens is 332 g/mol. The summed E-state index contributed by atoms with van der Waals surface area (Å²) < 4.78 is 5.50. The van der Waals surface area contributed by atoms with E-state index in [1.807, 2.05) is 6.07 Å². The minimum atomic E-state index is -0.284.